The Hall–Kier alpha value is -1.83. The van der Waals surface area contributed by atoms with E-state index < -0.39 is 5.60 Å². The van der Waals surface area contributed by atoms with Gasteiger partial charge in [-0.25, -0.2) is 4.79 Å². The third-order valence-corrected chi connectivity index (χ3v) is 5.13. The molecule has 0 aliphatic carbocycles. The zero-order valence-corrected chi connectivity index (χ0v) is 20.4. The summed E-state index contributed by atoms with van der Waals surface area (Å²) in [7, 11) is 0. The van der Waals surface area contributed by atoms with E-state index in [-0.39, 0.29) is 17.9 Å². The molecule has 1 saturated heterocycles. The molecule has 1 fully saturated rings. The van der Waals surface area contributed by atoms with Crippen molar-refractivity contribution in [1.29, 1.82) is 0 Å². The first-order valence-electron chi connectivity index (χ1n) is 11.9. The molecule has 1 heterocycles. The van der Waals surface area contributed by atoms with Crippen LogP contribution in [-0.4, -0.2) is 90.6 Å². The molecule has 8 nitrogen and oxygen atoms in total. The molecule has 0 unspecified atom stereocenters. The van der Waals surface area contributed by atoms with E-state index in [0.29, 0.717) is 38.9 Å². The summed E-state index contributed by atoms with van der Waals surface area (Å²) in [6.45, 7) is 15.9. The van der Waals surface area contributed by atoms with Gasteiger partial charge in [0.25, 0.3) is 0 Å². The van der Waals surface area contributed by atoms with Gasteiger partial charge in [0.1, 0.15) is 5.60 Å². The number of carbonyl (C=O) groups is 3. The van der Waals surface area contributed by atoms with Crippen LogP contribution < -0.4 is 5.32 Å². The quantitative estimate of drug-likeness (QED) is 0.472. The molecule has 0 atom stereocenters. The molecule has 0 saturated carbocycles. The molecule has 1 N–H and O–H groups in total. The highest BCUT2D eigenvalue weighted by Crippen LogP contribution is 2.12. The van der Waals surface area contributed by atoms with Crippen LogP contribution in [-0.2, 0) is 14.3 Å². The van der Waals surface area contributed by atoms with Gasteiger partial charge >= 0.3 is 6.09 Å². The molecule has 3 amide bonds. The molecule has 1 aliphatic rings. The van der Waals surface area contributed by atoms with Gasteiger partial charge in [-0.1, -0.05) is 13.8 Å². The Labute approximate surface area is 188 Å². The average Bonchev–Trinajstić information content (AvgIpc) is 2.70. The molecule has 1 rings (SSSR count). The fourth-order valence-corrected chi connectivity index (χ4v) is 3.56. The first kappa shape index (κ1) is 27.2. The molecule has 8 heteroatoms. The summed E-state index contributed by atoms with van der Waals surface area (Å²) in [6.07, 6.45) is 3.98. The molecule has 0 radical (unpaired) electrons. The minimum absolute atomic E-state index is 0.0140. The Morgan fingerprint density at radius 2 is 1.55 bits per heavy atom. The van der Waals surface area contributed by atoms with E-state index in [9.17, 15) is 14.4 Å². The summed E-state index contributed by atoms with van der Waals surface area (Å²) in [4.78, 5) is 42.3. The third-order valence-electron chi connectivity index (χ3n) is 5.13. The Balaban J connectivity index is 2.12. The molecule has 0 aromatic carbocycles. The highest BCUT2D eigenvalue weighted by atomic mass is 16.6. The predicted octanol–water partition coefficient (Wildman–Crippen LogP) is 2.86. The van der Waals surface area contributed by atoms with E-state index in [4.69, 9.17) is 4.74 Å². The van der Waals surface area contributed by atoms with Crippen LogP contribution in [0.2, 0.25) is 0 Å². The van der Waals surface area contributed by atoms with Crippen molar-refractivity contribution >= 4 is 17.9 Å². The number of rotatable bonds is 12. The Morgan fingerprint density at radius 3 is 2.10 bits per heavy atom. The third kappa shape index (κ3) is 12.0. The monoisotopic (exact) mass is 440 g/mol. The SMILES string of the molecule is CCCN(CCC)C(=O)CCCC(=O)NCCCN1CCN(C(=O)OC(C)(C)C)CC1. The van der Waals surface area contributed by atoms with Gasteiger partial charge in [-0.2, -0.15) is 0 Å². The number of carbonyl (C=O) groups excluding carboxylic acids is 3. The van der Waals surface area contributed by atoms with Crippen LogP contribution in [0.1, 0.15) is 73.1 Å². The number of ether oxygens (including phenoxy) is 1. The van der Waals surface area contributed by atoms with E-state index in [0.717, 1.165) is 52.0 Å². The maximum atomic E-state index is 12.2. The second kappa shape index (κ2) is 14.3. The molecule has 0 aromatic heterocycles. The van der Waals surface area contributed by atoms with Crippen LogP contribution in [0, 0.1) is 0 Å². The molecule has 0 bridgehead atoms. The average molecular weight is 441 g/mol. The molecule has 180 valence electrons. The topological polar surface area (TPSA) is 82.2 Å². The van der Waals surface area contributed by atoms with Crippen LogP contribution in [0.15, 0.2) is 0 Å². The molecular weight excluding hydrogens is 396 g/mol. The molecular formula is C23H44N4O4. The Bertz CT molecular complexity index is 548. The van der Waals surface area contributed by atoms with Crippen LogP contribution >= 0.6 is 0 Å². The van der Waals surface area contributed by atoms with E-state index in [1.807, 2.05) is 25.7 Å². The number of amides is 3. The van der Waals surface area contributed by atoms with E-state index >= 15 is 0 Å². The summed E-state index contributed by atoms with van der Waals surface area (Å²) in [5.41, 5.74) is -0.468. The normalized spacial score (nSPS) is 14.9. The van der Waals surface area contributed by atoms with Gasteiger partial charge < -0.3 is 19.9 Å². The van der Waals surface area contributed by atoms with Crippen LogP contribution in [0.3, 0.4) is 0 Å². The lowest BCUT2D eigenvalue weighted by atomic mass is 10.2. The van der Waals surface area contributed by atoms with Crippen LogP contribution in [0.4, 0.5) is 4.79 Å². The van der Waals surface area contributed by atoms with Gasteiger partial charge in [-0.05, 0) is 53.0 Å². The second-order valence-electron chi connectivity index (χ2n) is 9.25. The highest BCUT2D eigenvalue weighted by Gasteiger charge is 2.25. The van der Waals surface area contributed by atoms with Gasteiger partial charge in [-0.3, -0.25) is 14.5 Å². The molecule has 0 aromatic rings. The molecule has 1 aliphatic heterocycles. The Morgan fingerprint density at radius 1 is 0.935 bits per heavy atom. The van der Waals surface area contributed by atoms with Crippen molar-refractivity contribution in [2.24, 2.45) is 0 Å². The van der Waals surface area contributed by atoms with Crippen molar-refractivity contribution in [2.75, 3.05) is 52.4 Å². The second-order valence-corrected chi connectivity index (χ2v) is 9.25. The van der Waals surface area contributed by atoms with E-state index in [1.54, 1.807) is 4.90 Å². The largest absolute Gasteiger partial charge is 0.444 e. The first-order chi connectivity index (χ1) is 14.7. The van der Waals surface area contributed by atoms with Gasteiger partial charge in [0.2, 0.25) is 11.8 Å². The maximum absolute atomic E-state index is 12.2. The van der Waals surface area contributed by atoms with Gasteiger partial charge in [-0.15, -0.1) is 0 Å². The molecule has 0 spiro atoms. The standard InChI is InChI=1S/C23H44N4O4/c1-6-13-26(14-7-2)21(29)11-8-10-20(28)24-12-9-15-25-16-18-27(19-17-25)22(30)31-23(3,4)5/h6-19H2,1-5H3,(H,24,28). The lowest BCUT2D eigenvalue weighted by Gasteiger charge is -2.35. The number of nitrogens with one attached hydrogen (secondary N) is 1. The predicted molar refractivity (Wildman–Crippen MR) is 123 cm³/mol. The lowest BCUT2D eigenvalue weighted by molar-refractivity contribution is -0.131. The van der Waals surface area contributed by atoms with Gasteiger partial charge in [0.05, 0.1) is 0 Å². The highest BCUT2D eigenvalue weighted by molar-refractivity contribution is 5.78. The lowest BCUT2D eigenvalue weighted by Crippen LogP contribution is -2.50. The van der Waals surface area contributed by atoms with Crippen LogP contribution in [0.5, 0.6) is 0 Å². The maximum Gasteiger partial charge on any atom is 0.410 e. The Kier molecular flexibility index (Phi) is 12.5. The van der Waals surface area contributed by atoms with Gasteiger partial charge in [0.15, 0.2) is 0 Å². The minimum Gasteiger partial charge on any atom is -0.444 e. The fourth-order valence-electron chi connectivity index (χ4n) is 3.56. The van der Waals surface area contributed by atoms with Gasteiger partial charge in [0, 0.05) is 58.7 Å². The smallest absolute Gasteiger partial charge is 0.410 e. The van der Waals surface area contributed by atoms with Crippen molar-refractivity contribution in [3.05, 3.63) is 0 Å². The van der Waals surface area contributed by atoms with Crippen LogP contribution in [0.25, 0.3) is 0 Å². The number of hydrogen-bond donors (Lipinski definition) is 1. The minimum atomic E-state index is -0.468. The van der Waals surface area contributed by atoms with Crippen molar-refractivity contribution < 1.29 is 19.1 Å². The molecule has 31 heavy (non-hydrogen) atoms. The summed E-state index contributed by atoms with van der Waals surface area (Å²) >= 11 is 0. The zero-order chi connectivity index (χ0) is 23.3. The number of nitrogens with zero attached hydrogens (tertiary/aromatic N) is 3. The summed E-state index contributed by atoms with van der Waals surface area (Å²) in [5, 5.41) is 2.95. The first-order valence-corrected chi connectivity index (χ1v) is 11.9. The number of hydrogen-bond acceptors (Lipinski definition) is 5. The summed E-state index contributed by atoms with van der Waals surface area (Å²) in [6, 6.07) is 0. The van der Waals surface area contributed by atoms with Crippen molar-refractivity contribution in [3.8, 4) is 0 Å². The van der Waals surface area contributed by atoms with Crippen molar-refractivity contribution in [1.82, 2.24) is 20.0 Å². The number of piperazine rings is 1. The van der Waals surface area contributed by atoms with E-state index in [2.05, 4.69) is 24.1 Å². The van der Waals surface area contributed by atoms with E-state index in [1.165, 1.54) is 0 Å². The zero-order valence-electron chi connectivity index (χ0n) is 20.4. The van der Waals surface area contributed by atoms with Crippen molar-refractivity contribution in [2.45, 2.75) is 78.7 Å². The summed E-state index contributed by atoms with van der Waals surface area (Å²) < 4.78 is 5.42. The summed E-state index contributed by atoms with van der Waals surface area (Å²) in [5.74, 6) is 0.169. The fraction of sp³-hybridized carbons (Fsp3) is 0.870. The van der Waals surface area contributed by atoms with Crippen molar-refractivity contribution in [3.63, 3.8) is 0 Å².